The highest BCUT2D eigenvalue weighted by Gasteiger charge is 2.31. The summed E-state index contributed by atoms with van der Waals surface area (Å²) < 4.78 is 32.2. The zero-order valence-corrected chi connectivity index (χ0v) is 18.1. The molecule has 1 fully saturated rings. The second-order valence-electron chi connectivity index (χ2n) is 7.80. The van der Waals surface area contributed by atoms with Crippen molar-refractivity contribution in [2.45, 2.75) is 63.6 Å². The lowest BCUT2D eigenvalue weighted by Crippen LogP contribution is -2.47. The summed E-state index contributed by atoms with van der Waals surface area (Å²) >= 11 is 0. The van der Waals surface area contributed by atoms with Crippen LogP contribution in [0.2, 0.25) is 0 Å². The lowest BCUT2D eigenvalue weighted by molar-refractivity contribution is -0.131. The Morgan fingerprint density at radius 1 is 1.25 bits per heavy atom. The lowest BCUT2D eigenvalue weighted by Gasteiger charge is -2.24. The summed E-state index contributed by atoms with van der Waals surface area (Å²) in [5, 5.41) is 17.1. The number of unbranched alkanes of at least 4 members (excludes halogenated alkanes) is 1. The number of benzene rings is 1. The Morgan fingerprint density at radius 2 is 1.97 bits per heavy atom. The first-order valence-electron chi connectivity index (χ1n) is 10.8. The Kier molecular flexibility index (Phi) is 10.3. The second kappa shape index (κ2) is 12.9. The molecule has 3 amide bonds. The molecule has 1 aromatic carbocycles. The fraction of sp³-hybridized carbons (Fsp3) is 0.591. The molecule has 0 saturated carbocycles. The number of rotatable bonds is 12. The third-order valence-corrected chi connectivity index (χ3v) is 5.34. The molecule has 1 saturated heterocycles. The minimum Gasteiger partial charge on any atom is -0.436 e. The first-order chi connectivity index (χ1) is 15.3. The number of carbonyl (C=O) groups excluding carboxylic acids is 3. The summed E-state index contributed by atoms with van der Waals surface area (Å²) in [6, 6.07) is 5.48. The van der Waals surface area contributed by atoms with Gasteiger partial charge in [-0.25, -0.2) is 13.6 Å². The van der Waals surface area contributed by atoms with E-state index in [1.807, 2.05) is 6.92 Å². The summed E-state index contributed by atoms with van der Waals surface area (Å²) in [6.07, 6.45) is -2.87. The second-order valence-corrected chi connectivity index (χ2v) is 7.80. The van der Waals surface area contributed by atoms with E-state index >= 15 is 0 Å². The van der Waals surface area contributed by atoms with E-state index in [9.17, 15) is 28.3 Å². The summed E-state index contributed by atoms with van der Waals surface area (Å²) in [5.74, 6) is -1.09. The number of halogens is 2. The van der Waals surface area contributed by atoms with Gasteiger partial charge in [-0.15, -0.1) is 0 Å². The number of hydrogen-bond donors (Lipinski definition) is 4. The van der Waals surface area contributed by atoms with Crippen molar-refractivity contribution in [2.75, 3.05) is 13.2 Å². The van der Waals surface area contributed by atoms with Gasteiger partial charge in [-0.1, -0.05) is 43.7 Å². The van der Waals surface area contributed by atoms with Crippen molar-refractivity contribution in [1.29, 1.82) is 0 Å². The fourth-order valence-electron chi connectivity index (χ4n) is 3.56. The molecular weight excluding hydrogens is 424 g/mol. The number of aliphatic hydroxyl groups is 1. The van der Waals surface area contributed by atoms with Crippen LogP contribution in [0, 0.1) is 5.92 Å². The Bertz CT molecular complexity index is 750. The van der Waals surface area contributed by atoms with E-state index in [1.165, 1.54) is 12.1 Å². The van der Waals surface area contributed by atoms with Crippen LogP contribution in [-0.4, -0.2) is 54.7 Å². The van der Waals surface area contributed by atoms with E-state index in [1.54, 1.807) is 18.2 Å². The minimum atomic E-state index is -2.87. The quantitative estimate of drug-likeness (QED) is 0.386. The van der Waals surface area contributed by atoms with Crippen molar-refractivity contribution in [1.82, 2.24) is 16.0 Å². The van der Waals surface area contributed by atoms with Gasteiger partial charge in [0.15, 0.2) is 6.10 Å². The number of hydrogen-bond acceptors (Lipinski definition) is 5. The van der Waals surface area contributed by atoms with Crippen LogP contribution in [0.4, 0.5) is 13.6 Å². The molecule has 1 unspecified atom stereocenters. The van der Waals surface area contributed by atoms with Crippen LogP contribution in [0.1, 0.15) is 50.6 Å². The summed E-state index contributed by atoms with van der Waals surface area (Å²) in [7, 11) is 0. The van der Waals surface area contributed by atoms with Crippen molar-refractivity contribution in [3.63, 3.8) is 0 Å². The van der Waals surface area contributed by atoms with Crippen LogP contribution < -0.4 is 16.0 Å². The van der Waals surface area contributed by atoms with Gasteiger partial charge in [-0.05, 0) is 31.2 Å². The number of alkyl carbamates (subject to hydrolysis) is 1. The van der Waals surface area contributed by atoms with Gasteiger partial charge in [0.1, 0.15) is 6.04 Å². The van der Waals surface area contributed by atoms with Gasteiger partial charge in [-0.3, -0.25) is 9.59 Å². The van der Waals surface area contributed by atoms with Crippen molar-refractivity contribution in [3.8, 4) is 0 Å². The van der Waals surface area contributed by atoms with Crippen molar-refractivity contribution >= 4 is 17.9 Å². The Morgan fingerprint density at radius 3 is 2.53 bits per heavy atom. The molecule has 1 aromatic rings. The third kappa shape index (κ3) is 7.74. The largest absolute Gasteiger partial charge is 0.436 e. The molecule has 4 atom stereocenters. The van der Waals surface area contributed by atoms with E-state index < -0.39 is 36.6 Å². The van der Waals surface area contributed by atoms with Crippen molar-refractivity contribution < 1.29 is 33.0 Å². The third-order valence-electron chi connectivity index (χ3n) is 5.34. The van der Waals surface area contributed by atoms with Crippen LogP contribution >= 0.6 is 0 Å². The Balaban J connectivity index is 1.99. The fourth-order valence-corrected chi connectivity index (χ4v) is 3.56. The molecule has 4 N–H and O–H groups in total. The number of aliphatic hydroxyl groups excluding tert-OH is 1. The molecule has 1 aliphatic heterocycles. The van der Waals surface area contributed by atoms with Crippen molar-refractivity contribution in [3.05, 3.63) is 35.9 Å². The zero-order chi connectivity index (χ0) is 23.5. The highest BCUT2D eigenvalue weighted by molar-refractivity contribution is 5.84. The average Bonchev–Trinajstić information content (AvgIpc) is 3.18. The van der Waals surface area contributed by atoms with E-state index in [0.717, 1.165) is 6.42 Å². The topological polar surface area (TPSA) is 117 Å². The van der Waals surface area contributed by atoms with Crippen LogP contribution in [0.25, 0.3) is 0 Å². The molecule has 0 radical (unpaired) electrons. The Labute approximate surface area is 186 Å². The van der Waals surface area contributed by atoms with Crippen LogP contribution in [0.15, 0.2) is 30.3 Å². The number of amides is 3. The van der Waals surface area contributed by atoms with Crippen molar-refractivity contribution in [2.24, 2.45) is 5.92 Å². The highest BCUT2D eigenvalue weighted by Crippen LogP contribution is 2.21. The van der Waals surface area contributed by atoms with Crippen LogP contribution in [-0.2, 0) is 14.3 Å². The van der Waals surface area contributed by atoms with Gasteiger partial charge in [0.05, 0.1) is 12.6 Å². The predicted octanol–water partition coefficient (Wildman–Crippen LogP) is 2.28. The maximum atomic E-state index is 13.5. The SMILES string of the molecule is CCCC[C@H](OC(=O)NC(c1ccccc1)C(F)F)C(=O)N[C@H](CO)C[C@@H]1CCNC1=O. The summed E-state index contributed by atoms with van der Waals surface area (Å²) in [6.45, 7) is 2.06. The molecule has 32 heavy (non-hydrogen) atoms. The lowest BCUT2D eigenvalue weighted by atomic mass is 9.98. The maximum Gasteiger partial charge on any atom is 0.408 e. The normalized spacial score (nSPS) is 18.5. The molecule has 0 spiro atoms. The molecule has 10 heteroatoms. The smallest absolute Gasteiger partial charge is 0.408 e. The number of nitrogens with one attached hydrogen (secondary N) is 3. The van der Waals surface area contributed by atoms with Gasteiger partial charge in [0.2, 0.25) is 5.91 Å². The van der Waals surface area contributed by atoms with Gasteiger partial charge in [0, 0.05) is 12.5 Å². The zero-order valence-electron chi connectivity index (χ0n) is 18.1. The molecule has 2 rings (SSSR count). The van der Waals surface area contributed by atoms with E-state index in [0.29, 0.717) is 19.4 Å². The van der Waals surface area contributed by atoms with E-state index in [4.69, 9.17) is 4.74 Å². The molecule has 178 valence electrons. The highest BCUT2D eigenvalue weighted by atomic mass is 19.3. The summed E-state index contributed by atoms with van der Waals surface area (Å²) in [5.41, 5.74) is 0.212. The first kappa shape index (κ1) is 25.5. The van der Waals surface area contributed by atoms with Gasteiger partial charge < -0.3 is 25.8 Å². The minimum absolute atomic E-state index is 0.130. The molecule has 0 bridgehead atoms. The van der Waals surface area contributed by atoms with E-state index in [2.05, 4.69) is 16.0 Å². The maximum absolute atomic E-state index is 13.5. The van der Waals surface area contributed by atoms with Gasteiger partial charge in [0.25, 0.3) is 12.3 Å². The number of ether oxygens (including phenoxy) is 1. The molecule has 1 heterocycles. The number of alkyl halides is 2. The summed E-state index contributed by atoms with van der Waals surface area (Å²) in [4.78, 5) is 36.8. The van der Waals surface area contributed by atoms with Crippen LogP contribution in [0.3, 0.4) is 0 Å². The predicted molar refractivity (Wildman–Crippen MR) is 113 cm³/mol. The molecule has 0 aliphatic carbocycles. The molecular formula is C22H31F2N3O5. The monoisotopic (exact) mass is 455 g/mol. The van der Waals surface area contributed by atoms with Crippen LogP contribution in [0.5, 0.6) is 0 Å². The molecule has 8 nitrogen and oxygen atoms in total. The molecule has 1 aliphatic rings. The Hall–Kier alpha value is -2.75. The van der Waals surface area contributed by atoms with Gasteiger partial charge >= 0.3 is 6.09 Å². The first-order valence-corrected chi connectivity index (χ1v) is 10.8. The average molecular weight is 456 g/mol. The van der Waals surface area contributed by atoms with Gasteiger partial charge in [-0.2, -0.15) is 0 Å². The molecule has 0 aromatic heterocycles. The number of carbonyl (C=O) groups is 3. The standard InChI is InChI=1S/C22H31F2N3O5/c1-2-3-9-17(21(30)26-16(13-28)12-15-10-11-25-20(15)29)32-22(31)27-18(19(23)24)14-7-5-4-6-8-14/h4-8,15-19,28H,2-3,9-13H2,1H3,(H,25,29)(H,26,30)(H,27,31)/t15-,16-,17-,18?/m0/s1. The van der Waals surface area contributed by atoms with E-state index in [-0.39, 0.29) is 36.8 Å².